The molecule has 1 aromatic heterocycles. The first-order valence-electron chi connectivity index (χ1n) is 10.2. The number of aromatic nitrogens is 2. The zero-order valence-electron chi connectivity index (χ0n) is 16.9. The van der Waals surface area contributed by atoms with Gasteiger partial charge in [-0.15, -0.1) is 10.2 Å². The molecule has 0 aliphatic heterocycles. The second-order valence-corrected chi connectivity index (χ2v) is 8.84. The Hall–Kier alpha value is -2.64. The number of carbonyl (C=O) groups excluding carboxylic acids is 1. The molecule has 1 aliphatic rings. The number of nitrogens with one attached hydrogen (secondary N) is 1. The lowest BCUT2D eigenvalue weighted by atomic mass is 10.1. The summed E-state index contributed by atoms with van der Waals surface area (Å²) in [6, 6.07) is 17.0. The Bertz CT molecular complexity index is 972. The summed E-state index contributed by atoms with van der Waals surface area (Å²) in [7, 11) is 0. The molecule has 1 atom stereocenters. The minimum absolute atomic E-state index is 0.257. The van der Waals surface area contributed by atoms with Crippen molar-refractivity contribution < 1.29 is 9.18 Å². The lowest BCUT2D eigenvalue weighted by Gasteiger charge is -2.28. The van der Waals surface area contributed by atoms with Crippen LogP contribution in [0.3, 0.4) is 0 Å². The number of rotatable bonds is 9. The minimum atomic E-state index is -0.292. The van der Waals surface area contributed by atoms with Crippen molar-refractivity contribution in [3.05, 3.63) is 81.6 Å². The standard InChI is InChI=1S/C23H25FN4OS/c1-16(19-9-10-19)28(14-18-5-3-2-4-6-18)15-21-26-27-23(30-21)22(29)25-13-17-7-11-20(24)12-8-17/h2-8,11-12,16,19H,9-10,13-15H2,1H3,(H,25,29). The number of hydrogen-bond acceptors (Lipinski definition) is 5. The summed E-state index contributed by atoms with van der Waals surface area (Å²) in [6.45, 7) is 4.13. The molecule has 2 aromatic carbocycles. The third kappa shape index (κ3) is 5.49. The van der Waals surface area contributed by atoms with E-state index in [9.17, 15) is 9.18 Å². The van der Waals surface area contributed by atoms with Gasteiger partial charge in [-0.1, -0.05) is 53.8 Å². The summed E-state index contributed by atoms with van der Waals surface area (Å²) in [4.78, 5) is 14.9. The fourth-order valence-corrected chi connectivity index (χ4v) is 4.26. The maximum absolute atomic E-state index is 13.0. The van der Waals surface area contributed by atoms with Crippen molar-refractivity contribution in [3.8, 4) is 0 Å². The number of nitrogens with zero attached hydrogens (tertiary/aromatic N) is 3. The Morgan fingerprint density at radius 3 is 2.53 bits per heavy atom. The molecular weight excluding hydrogens is 399 g/mol. The third-order valence-corrected chi connectivity index (χ3v) is 6.38. The second-order valence-electron chi connectivity index (χ2n) is 7.78. The lowest BCUT2D eigenvalue weighted by molar-refractivity contribution is 0.0950. The van der Waals surface area contributed by atoms with E-state index >= 15 is 0 Å². The molecule has 156 valence electrons. The van der Waals surface area contributed by atoms with E-state index in [2.05, 4.69) is 51.6 Å². The predicted molar refractivity (Wildman–Crippen MR) is 115 cm³/mol. The first-order chi connectivity index (χ1) is 14.6. The summed E-state index contributed by atoms with van der Waals surface area (Å²) in [6.07, 6.45) is 2.55. The molecule has 1 amide bonds. The van der Waals surface area contributed by atoms with Crippen molar-refractivity contribution in [2.45, 2.75) is 45.4 Å². The van der Waals surface area contributed by atoms with E-state index in [4.69, 9.17) is 0 Å². The van der Waals surface area contributed by atoms with Gasteiger partial charge in [-0.3, -0.25) is 9.69 Å². The quantitative estimate of drug-likeness (QED) is 0.553. The molecule has 1 unspecified atom stereocenters. The highest BCUT2D eigenvalue weighted by molar-refractivity contribution is 7.13. The van der Waals surface area contributed by atoms with Gasteiger partial charge in [0.05, 0.1) is 6.54 Å². The molecule has 0 spiro atoms. The van der Waals surface area contributed by atoms with Crippen LogP contribution in [0.4, 0.5) is 4.39 Å². The Morgan fingerprint density at radius 1 is 1.10 bits per heavy atom. The van der Waals surface area contributed by atoms with Crippen LogP contribution in [0.25, 0.3) is 0 Å². The monoisotopic (exact) mass is 424 g/mol. The maximum atomic E-state index is 13.0. The van der Waals surface area contributed by atoms with Gasteiger partial charge in [-0.25, -0.2) is 4.39 Å². The lowest BCUT2D eigenvalue weighted by Crippen LogP contribution is -2.33. The third-order valence-electron chi connectivity index (χ3n) is 5.47. The molecule has 0 saturated heterocycles. The molecule has 4 rings (SSSR count). The van der Waals surface area contributed by atoms with Crippen molar-refractivity contribution in [2.24, 2.45) is 5.92 Å². The molecule has 5 nitrogen and oxygen atoms in total. The maximum Gasteiger partial charge on any atom is 0.282 e. The van der Waals surface area contributed by atoms with E-state index in [0.717, 1.165) is 23.0 Å². The molecule has 1 aliphatic carbocycles. The minimum Gasteiger partial charge on any atom is -0.346 e. The Morgan fingerprint density at radius 2 is 1.83 bits per heavy atom. The largest absolute Gasteiger partial charge is 0.346 e. The van der Waals surface area contributed by atoms with Crippen LogP contribution in [0, 0.1) is 11.7 Å². The Balaban J connectivity index is 1.38. The molecule has 1 heterocycles. The van der Waals surface area contributed by atoms with Crippen molar-refractivity contribution in [1.29, 1.82) is 0 Å². The van der Waals surface area contributed by atoms with Crippen molar-refractivity contribution >= 4 is 17.2 Å². The van der Waals surface area contributed by atoms with Crippen LogP contribution < -0.4 is 5.32 Å². The van der Waals surface area contributed by atoms with E-state index in [0.29, 0.717) is 24.1 Å². The number of carbonyl (C=O) groups is 1. The average molecular weight is 425 g/mol. The van der Waals surface area contributed by atoms with Gasteiger partial charge in [-0.05, 0) is 48.9 Å². The van der Waals surface area contributed by atoms with Gasteiger partial charge in [-0.2, -0.15) is 0 Å². The van der Waals surface area contributed by atoms with Gasteiger partial charge in [0.25, 0.3) is 5.91 Å². The smallest absolute Gasteiger partial charge is 0.282 e. The second kappa shape index (κ2) is 9.45. The molecule has 7 heteroatoms. The zero-order valence-corrected chi connectivity index (χ0v) is 17.7. The van der Waals surface area contributed by atoms with E-state index in [1.54, 1.807) is 12.1 Å². The molecule has 1 N–H and O–H groups in total. The highest BCUT2D eigenvalue weighted by Gasteiger charge is 2.32. The first kappa shape index (κ1) is 20.6. The number of amides is 1. The summed E-state index contributed by atoms with van der Waals surface area (Å²) >= 11 is 1.33. The van der Waals surface area contributed by atoms with Crippen LogP contribution in [0.1, 0.15) is 45.7 Å². The summed E-state index contributed by atoms with van der Waals surface area (Å²) < 4.78 is 13.0. The molecule has 30 heavy (non-hydrogen) atoms. The topological polar surface area (TPSA) is 58.1 Å². The SMILES string of the molecule is CC(C1CC1)N(Cc1ccccc1)Cc1nnc(C(=O)NCc2ccc(F)cc2)s1. The number of benzene rings is 2. The normalized spacial score (nSPS) is 14.6. The van der Waals surface area contributed by atoms with E-state index in [1.165, 1.54) is 41.9 Å². The van der Waals surface area contributed by atoms with Crippen LogP contribution in [0.2, 0.25) is 0 Å². The highest BCUT2D eigenvalue weighted by atomic mass is 32.1. The average Bonchev–Trinajstić information content (AvgIpc) is 3.51. The van der Waals surface area contributed by atoms with Gasteiger partial charge in [0.15, 0.2) is 0 Å². The van der Waals surface area contributed by atoms with Gasteiger partial charge in [0.1, 0.15) is 10.8 Å². The predicted octanol–water partition coefficient (Wildman–Crippen LogP) is 4.41. The fraction of sp³-hybridized carbons (Fsp3) is 0.348. The summed E-state index contributed by atoms with van der Waals surface area (Å²) in [5.41, 5.74) is 2.11. The molecule has 0 bridgehead atoms. The van der Waals surface area contributed by atoms with Crippen LogP contribution >= 0.6 is 11.3 Å². The molecule has 3 aromatic rings. The summed E-state index contributed by atoms with van der Waals surface area (Å²) in [5, 5.41) is 12.4. The van der Waals surface area contributed by atoms with Crippen LogP contribution in [-0.4, -0.2) is 27.0 Å². The van der Waals surface area contributed by atoms with Crippen molar-refractivity contribution in [2.75, 3.05) is 0 Å². The van der Waals surface area contributed by atoms with Crippen LogP contribution in [-0.2, 0) is 19.6 Å². The number of hydrogen-bond donors (Lipinski definition) is 1. The molecule has 0 radical (unpaired) electrons. The van der Waals surface area contributed by atoms with Gasteiger partial charge >= 0.3 is 0 Å². The summed E-state index contributed by atoms with van der Waals surface area (Å²) in [5.74, 6) is 0.187. The van der Waals surface area contributed by atoms with Gasteiger partial charge in [0, 0.05) is 19.1 Å². The van der Waals surface area contributed by atoms with Crippen LogP contribution in [0.15, 0.2) is 54.6 Å². The van der Waals surface area contributed by atoms with Gasteiger partial charge < -0.3 is 5.32 Å². The Labute approximate surface area is 180 Å². The molecular formula is C23H25FN4OS. The number of halogens is 1. The first-order valence-corrected chi connectivity index (χ1v) is 11.0. The molecule has 1 fully saturated rings. The van der Waals surface area contributed by atoms with E-state index in [1.807, 2.05) is 6.07 Å². The Kier molecular flexibility index (Phi) is 6.50. The van der Waals surface area contributed by atoms with Crippen LogP contribution in [0.5, 0.6) is 0 Å². The highest BCUT2D eigenvalue weighted by Crippen LogP contribution is 2.36. The van der Waals surface area contributed by atoms with E-state index in [-0.39, 0.29) is 11.7 Å². The van der Waals surface area contributed by atoms with Crippen molar-refractivity contribution in [1.82, 2.24) is 20.4 Å². The van der Waals surface area contributed by atoms with Crippen molar-refractivity contribution in [3.63, 3.8) is 0 Å². The zero-order chi connectivity index (χ0) is 20.9. The van der Waals surface area contributed by atoms with Gasteiger partial charge in [0.2, 0.25) is 5.01 Å². The van der Waals surface area contributed by atoms with E-state index < -0.39 is 0 Å². The molecule has 1 saturated carbocycles. The fourth-order valence-electron chi connectivity index (χ4n) is 3.48.